The highest BCUT2D eigenvalue weighted by Gasteiger charge is 2.38. The van der Waals surface area contributed by atoms with Crippen LogP contribution in [0.2, 0.25) is 18.1 Å². The molecule has 116 valence electrons. The van der Waals surface area contributed by atoms with E-state index in [4.69, 9.17) is 16.0 Å². The summed E-state index contributed by atoms with van der Waals surface area (Å²) in [5.41, 5.74) is 0.839. The van der Waals surface area contributed by atoms with E-state index in [1.54, 1.807) is 0 Å². The van der Waals surface area contributed by atoms with Gasteiger partial charge in [0.15, 0.2) is 14.1 Å². The lowest BCUT2D eigenvalue weighted by molar-refractivity contribution is -0.113. The molecular formula is C15H28ClNO2Si. The predicted molar refractivity (Wildman–Crippen MR) is 88.0 cm³/mol. The average molecular weight is 318 g/mol. The minimum absolute atomic E-state index is 0.0438. The van der Waals surface area contributed by atoms with Crippen molar-refractivity contribution >= 4 is 25.7 Å². The molecule has 0 fully saturated rings. The summed E-state index contributed by atoms with van der Waals surface area (Å²) in [6.45, 7) is 12.7. The van der Waals surface area contributed by atoms with E-state index < -0.39 is 8.32 Å². The maximum atomic E-state index is 11.6. The molecule has 1 aliphatic rings. The van der Waals surface area contributed by atoms with Crippen LogP contribution in [0.15, 0.2) is 11.6 Å². The van der Waals surface area contributed by atoms with E-state index in [0.29, 0.717) is 12.6 Å². The van der Waals surface area contributed by atoms with Crippen molar-refractivity contribution in [2.45, 2.75) is 51.4 Å². The molecule has 0 saturated carbocycles. The van der Waals surface area contributed by atoms with Gasteiger partial charge in [-0.25, -0.2) is 0 Å². The van der Waals surface area contributed by atoms with Gasteiger partial charge in [-0.3, -0.25) is 9.69 Å². The first-order chi connectivity index (χ1) is 9.08. The number of likely N-dealkylation sites (N-methyl/N-ethyl adjacent to an activating group) is 1. The van der Waals surface area contributed by atoms with E-state index in [9.17, 15) is 4.79 Å². The van der Waals surface area contributed by atoms with Crippen molar-refractivity contribution in [2.75, 3.05) is 26.1 Å². The first-order valence-corrected chi connectivity index (χ1v) is 10.6. The quantitative estimate of drug-likeness (QED) is 0.574. The highest BCUT2D eigenvalue weighted by atomic mass is 35.5. The fraction of sp³-hybridized carbons (Fsp3) is 0.800. The third-order valence-corrected chi connectivity index (χ3v) is 9.35. The molecule has 0 amide bonds. The van der Waals surface area contributed by atoms with Crippen LogP contribution >= 0.6 is 11.6 Å². The second-order valence-corrected chi connectivity index (χ2v) is 12.2. The first-order valence-electron chi connectivity index (χ1n) is 7.21. The summed E-state index contributed by atoms with van der Waals surface area (Å²) in [5, 5.41) is 0.232. The number of nitrogens with zero attached hydrogens (tertiary/aromatic N) is 1. The SMILES string of the molecule is CN1CC(C(=O)CCl)=CC[C@H]1CO[Si](C)(C)C(C)(C)C. The van der Waals surface area contributed by atoms with Crippen molar-refractivity contribution < 1.29 is 9.22 Å². The molecule has 0 bridgehead atoms. The van der Waals surface area contributed by atoms with Crippen LogP contribution in [0.5, 0.6) is 0 Å². The minimum Gasteiger partial charge on any atom is -0.415 e. The molecule has 0 aromatic rings. The molecule has 20 heavy (non-hydrogen) atoms. The Morgan fingerprint density at radius 3 is 2.55 bits per heavy atom. The van der Waals surface area contributed by atoms with Gasteiger partial charge in [0.2, 0.25) is 0 Å². The zero-order chi connectivity index (χ0) is 15.6. The zero-order valence-electron chi connectivity index (χ0n) is 13.6. The Kier molecular flexibility index (Phi) is 6.02. The van der Waals surface area contributed by atoms with Crippen LogP contribution in [0.4, 0.5) is 0 Å². The number of rotatable bonds is 5. The lowest BCUT2D eigenvalue weighted by Crippen LogP contribution is -2.47. The van der Waals surface area contributed by atoms with Gasteiger partial charge in [-0.05, 0) is 31.6 Å². The van der Waals surface area contributed by atoms with E-state index in [1.807, 2.05) is 13.1 Å². The number of ketones is 1. The Morgan fingerprint density at radius 1 is 1.50 bits per heavy atom. The molecule has 0 radical (unpaired) electrons. The summed E-state index contributed by atoms with van der Waals surface area (Å²) in [5.74, 6) is 0.118. The zero-order valence-corrected chi connectivity index (χ0v) is 15.4. The number of hydrogen-bond acceptors (Lipinski definition) is 3. The van der Waals surface area contributed by atoms with Crippen molar-refractivity contribution in [3.05, 3.63) is 11.6 Å². The molecule has 5 heteroatoms. The number of hydrogen-bond donors (Lipinski definition) is 0. The van der Waals surface area contributed by atoms with Crippen molar-refractivity contribution in [1.29, 1.82) is 0 Å². The maximum absolute atomic E-state index is 11.6. The molecule has 0 N–H and O–H groups in total. The fourth-order valence-electron chi connectivity index (χ4n) is 1.92. The Hall–Kier alpha value is -0.163. The van der Waals surface area contributed by atoms with Crippen LogP contribution in [-0.2, 0) is 9.22 Å². The second-order valence-electron chi connectivity index (χ2n) is 7.16. The summed E-state index contributed by atoms with van der Waals surface area (Å²) >= 11 is 5.61. The third kappa shape index (κ3) is 4.42. The lowest BCUT2D eigenvalue weighted by atomic mass is 10.0. The normalized spacial score (nSPS) is 21.8. The van der Waals surface area contributed by atoms with E-state index in [-0.39, 0.29) is 16.7 Å². The van der Waals surface area contributed by atoms with Crippen LogP contribution < -0.4 is 0 Å². The van der Waals surface area contributed by atoms with Gasteiger partial charge in [0.1, 0.15) is 0 Å². The number of alkyl halides is 1. The highest BCUT2D eigenvalue weighted by Crippen LogP contribution is 2.36. The molecule has 0 spiro atoms. The number of carbonyl (C=O) groups is 1. The van der Waals surface area contributed by atoms with Crippen LogP contribution in [-0.4, -0.2) is 51.1 Å². The standard InChI is InChI=1S/C15H28ClNO2Si/c1-15(2,3)20(5,6)19-11-13-8-7-12(10-17(13)4)14(18)9-16/h7,13H,8-11H2,1-6H3/t13-/m0/s1. The number of halogens is 1. The topological polar surface area (TPSA) is 29.5 Å². The van der Waals surface area contributed by atoms with Gasteiger partial charge in [-0.1, -0.05) is 26.8 Å². The molecule has 0 aliphatic carbocycles. The molecule has 1 heterocycles. The lowest BCUT2D eigenvalue weighted by Gasteiger charge is -2.39. The average Bonchev–Trinajstić information content (AvgIpc) is 2.35. The summed E-state index contributed by atoms with van der Waals surface area (Å²) in [4.78, 5) is 13.8. The summed E-state index contributed by atoms with van der Waals surface area (Å²) in [7, 11) is 0.350. The van der Waals surface area contributed by atoms with E-state index in [1.165, 1.54) is 0 Å². The van der Waals surface area contributed by atoms with E-state index in [2.05, 4.69) is 38.8 Å². The van der Waals surface area contributed by atoms with Gasteiger partial charge in [0.05, 0.1) is 5.88 Å². The molecule has 0 unspecified atom stereocenters. The summed E-state index contributed by atoms with van der Waals surface area (Å²) in [6, 6.07) is 0.357. The largest absolute Gasteiger partial charge is 0.415 e. The van der Waals surface area contributed by atoms with Gasteiger partial charge < -0.3 is 4.43 Å². The predicted octanol–water partition coefficient (Wildman–Crippen LogP) is 3.45. The minimum atomic E-state index is -1.70. The maximum Gasteiger partial charge on any atom is 0.192 e. The Balaban J connectivity index is 2.60. The van der Waals surface area contributed by atoms with Crippen molar-refractivity contribution in [3.8, 4) is 0 Å². The molecule has 0 saturated heterocycles. The van der Waals surface area contributed by atoms with Crippen LogP contribution in [0.1, 0.15) is 27.2 Å². The van der Waals surface area contributed by atoms with Crippen molar-refractivity contribution in [3.63, 3.8) is 0 Å². The molecule has 1 atom stereocenters. The molecule has 1 aliphatic heterocycles. The van der Waals surface area contributed by atoms with Crippen molar-refractivity contribution in [2.24, 2.45) is 0 Å². The molecule has 0 aromatic heterocycles. The Labute approximate surface area is 129 Å². The summed E-state index contributed by atoms with van der Waals surface area (Å²) in [6.07, 6.45) is 2.90. The fourth-order valence-corrected chi connectivity index (χ4v) is 3.14. The van der Waals surface area contributed by atoms with Crippen molar-refractivity contribution in [1.82, 2.24) is 4.90 Å². The van der Waals surface area contributed by atoms with Crippen LogP contribution in [0.25, 0.3) is 0 Å². The Bertz CT molecular complexity index is 388. The summed E-state index contributed by atoms with van der Waals surface area (Å²) < 4.78 is 6.28. The van der Waals surface area contributed by atoms with E-state index in [0.717, 1.165) is 18.6 Å². The van der Waals surface area contributed by atoms with E-state index >= 15 is 0 Å². The monoisotopic (exact) mass is 317 g/mol. The van der Waals surface area contributed by atoms with Crippen LogP contribution in [0, 0.1) is 0 Å². The molecule has 1 rings (SSSR count). The van der Waals surface area contributed by atoms with Gasteiger partial charge in [-0.2, -0.15) is 0 Å². The van der Waals surface area contributed by atoms with Gasteiger partial charge in [-0.15, -0.1) is 11.6 Å². The molecule has 0 aromatic carbocycles. The van der Waals surface area contributed by atoms with Gasteiger partial charge in [0, 0.05) is 24.8 Å². The van der Waals surface area contributed by atoms with Gasteiger partial charge in [0.25, 0.3) is 0 Å². The number of carbonyl (C=O) groups excluding carboxylic acids is 1. The van der Waals surface area contributed by atoms with Gasteiger partial charge >= 0.3 is 0 Å². The Morgan fingerprint density at radius 2 is 2.10 bits per heavy atom. The molecular weight excluding hydrogens is 290 g/mol. The third-order valence-electron chi connectivity index (χ3n) is 4.60. The highest BCUT2D eigenvalue weighted by molar-refractivity contribution is 6.74. The smallest absolute Gasteiger partial charge is 0.192 e. The number of Topliss-reactive ketones (excluding diaryl/α,β-unsaturated/α-hetero) is 1. The van der Waals surface area contributed by atoms with Crippen LogP contribution in [0.3, 0.4) is 0 Å². The first kappa shape index (κ1) is 17.9. The molecule has 3 nitrogen and oxygen atoms in total. The second kappa shape index (κ2) is 6.73.